The zero-order valence-electron chi connectivity index (χ0n) is 12.8. The SMILES string of the molecule is Cc1ccccc1CC(C)NC[C@H](O)c1ccc(Cl)c(Cl)c1. The summed E-state index contributed by atoms with van der Waals surface area (Å²) >= 11 is 11.9. The van der Waals surface area contributed by atoms with Gasteiger partial charge in [0.1, 0.15) is 0 Å². The molecule has 2 aromatic rings. The van der Waals surface area contributed by atoms with Crippen molar-refractivity contribution in [1.82, 2.24) is 5.32 Å². The lowest BCUT2D eigenvalue weighted by molar-refractivity contribution is 0.170. The van der Waals surface area contributed by atoms with Crippen molar-refractivity contribution < 1.29 is 5.11 Å². The van der Waals surface area contributed by atoms with E-state index < -0.39 is 6.10 Å². The highest BCUT2D eigenvalue weighted by Gasteiger charge is 2.12. The second-order valence-corrected chi connectivity index (χ2v) is 6.44. The Bertz CT molecular complexity index is 630. The zero-order chi connectivity index (χ0) is 16.1. The largest absolute Gasteiger partial charge is 0.387 e. The second kappa shape index (κ2) is 7.98. The summed E-state index contributed by atoms with van der Waals surface area (Å²) in [6.45, 7) is 4.71. The summed E-state index contributed by atoms with van der Waals surface area (Å²) in [6, 6.07) is 13.9. The van der Waals surface area contributed by atoms with Gasteiger partial charge < -0.3 is 10.4 Å². The molecule has 2 atom stereocenters. The number of benzene rings is 2. The molecule has 2 N–H and O–H groups in total. The number of hydrogen-bond acceptors (Lipinski definition) is 2. The van der Waals surface area contributed by atoms with Crippen LogP contribution in [0.15, 0.2) is 42.5 Å². The lowest BCUT2D eigenvalue weighted by Gasteiger charge is -2.18. The highest BCUT2D eigenvalue weighted by Crippen LogP contribution is 2.25. The molecule has 0 saturated heterocycles. The van der Waals surface area contributed by atoms with Gasteiger partial charge in [-0.25, -0.2) is 0 Å². The van der Waals surface area contributed by atoms with Crippen LogP contribution >= 0.6 is 23.2 Å². The van der Waals surface area contributed by atoms with Gasteiger partial charge in [-0.15, -0.1) is 0 Å². The van der Waals surface area contributed by atoms with Gasteiger partial charge in [0.25, 0.3) is 0 Å². The molecule has 4 heteroatoms. The molecule has 0 aromatic heterocycles. The maximum Gasteiger partial charge on any atom is 0.0915 e. The van der Waals surface area contributed by atoms with Gasteiger partial charge in [-0.05, 0) is 49.1 Å². The van der Waals surface area contributed by atoms with Crippen molar-refractivity contribution in [3.8, 4) is 0 Å². The Balaban J connectivity index is 1.89. The van der Waals surface area contributed by atoms with Crippen LogP contribution in [-0.4, -0.2) is 17.7 Å². The number of nitrogens with one attached hydrogen (secondary N) is 1. The van der Waals surface area contributed by atoms with E-state index in [9.17, 15) is 5.11 Å². The molecule has 2 rings (SSSR count). The molecular weight excluding hydrogens is 317 g/mol. The molecule has 0 saturated carbocycles. The van der Waals surface area contributed by atoms with Gasteiger partial charge in [-0.3, -0.25) is 0 Å². The van der Waals surface area contributed by atoms with Gasteiger partial charge in [-0.1, -0.05) is 53.5 Å². The topological polar surface area (TPSA) is 32.3 Å². The fourth-order valence-corrected chi connectivity index (χ4v) is 2.70. The molecule has 22 heavy (non-hydrogen) atoms. The van der Waals surface area contributed by atoms with Gasteiger partial charge in [-0.2, -0.15) is 0 Å². The summed E-state index contributed by atoms with van der Waals surface area (Å²) in [6.07, 6.45) is 0.329. The molecular formula is C18H21Cl2NO. The molecule has 0 amide bonds. The first-order valence-electron chi connectivity index (χ1n) is 7.38. The van der Waals surface area contributed by atoms with Crippen molar-refractivity contribution in [3.63, 3.8) is 0 Å². The van der Waals surface area contributed by atoms with E-state index in [-0.39, 0.29) is 6.04 Å². The summed E-state index contributed by atoms with van der Waals surface area (Å²) in [5.41, 5.74) is 3.39. The van der Waals surface area contributed by atoms with Crippen LogP contribution < -0.4 is 5.32 Å². The van der Waals surface area contributed by atoms with Crippen molar-refractivity contribution >= 4 is 23.2 Å². The second-order valence-electron chi connectivity index (χ2n) is 5.63. The third-order valence-corrected chi connectivity index (χ3v) is 4.51. The Morgan fingerprint density at radius 3 is 2.50 bits per heavy atom. The van der Waals surface area contributed by atoms with Crippen molar-refractivity contribution in [1.29, 1.82) is 0 Å². The molecule has 1 unspecified atom stereocenters. The van der Waals surface area contributed by atoms with Crippen molar-refractivity contribution in [3.05, 3.63) is 69.2 Å². The van der Waals surface area contributed by atoms with Crippen LogP contribution in [0.3, 0.4) is 0 Å². The maximum absolute atomic E-state index is 10.2. The maximum atomic E-state index is 10.2. The minimum atomic E-state index is -0.603. The number of halogens is 2. The molecule has 0 aliphatic rings. The van der Waals surface area contributed by atoms with Crippen LogP contribution in [0.4, 0.5) is 0 Å². The van der Waals surface area contributed by atoms with Crippen molar-refractivity contribution in [2.75, 3.05) is 6.54 Å². The Labute approximate surface area is 142 Å². The molecule has 2 nitrogen and oxygen atoms in total. The summed E-state index contributed by atoms with van der Waals surface area (Å²) in [4.78, 5) is 0. The molecule has 0 bridgehead atoms. The molecule has 2 aromatic carbocycles. The van der Waals surface area contributed by atoms with E-state index in [1.165, 1.54) is 11.1 Å². The summed E-state index contributed by atoms with van der Waals surface area (Å²) in [5, 5.41) is 14.6. The smallest absolute Gasteiger partial charge is 0.0915 e. The van der Waals surface area contributed by atoms with E-state index in [0.29, 0.717) is 16.6 Å². The molecule has 118 valence electrons. The predicted molar refractivity (Wildman–Crippen MR) is 93.8 cm³/mol. The van der Waals surface area contributed by atoms with E-state index in [0.717, 1.165) is 12.0 Å². The number of aryl methyl sites for hydroxylation is 1. The van der Waals surface area contributed by atoms with Crippen LogP contribution in [0.1, 0.15) is 29.7 Å². The van der Waals surface area contributed by atoms with Gasteiger partial charge in [0.2, 0.25) is 0 Å². The van der Waals surface area contributed by atoms with Gasteiger partial charge >= 0.3 is 0 Å². The molecule has 0 aliphatic carbocycles. The lowest BCUT2D eigenvalue weighted by Crippen LogP contribution is -2.32. The van der Waals surface area contributed by atoms with Crippen molar-refractivity contribution in [2.45, 2.75) is 32.4 Å². The summed E-state index contributed by atoms with van der Waals surface area (Å²) in [5.74, 6) is 0. The van der Waals surface area contributed by atoms with E-state index >= 15 is 0 Å². The van der Waals surface area contributed by atoms with E-state index in [1.807, 2.05) is 6.07 Å². The highest BCUT2D eigenvalue weighted by atomic mass is 35.5. The van der Waals surface area contributed by atoms with E-state index in [4.69, 9.17) is 23.2 Å². The minimum Gasteiger partial charge on any atom is -0.387 e. The molecule has 0 aliphatic heterocycles. The predicted octanol–water partition coefficient (Wildman–Crippen LogP) is 4.56. The number of aliphatic hydroxyl groups excluding tert-OH is 1. The van der Waals surface area contributed by atoms with Gasteiger partial charge in [0, 0.05) is 12.6 Å². The first-order valence-corrected chi connectivity index (χ1v) is 8.14. The van der Waals surface area contributed by atoms with Gasteiger partial charge in [0.05, 0.1) is 16.1 Å². The minimum absolute atomic E-state index is 0.276. The van der Waals surface area contributed by atoms with Crippen LogP contribution in [0.2, 0.25) is 10.0 Å². The summed E-state index contributed by atoms with van der Waals surface area (Å²) < 4.78 is 0. The normalized spacial score (nSPS) is 13.9. The average Bonchev–Trinajstić information content (AvgIpc) is 2.50. The Morgan fingerprint density at radius 1 is 1.09 bits per heavy atom. The van der Waals surface area contributed by atoms with Crippen molar-refractivity contribution in [2.24, 2.45) is 0 Å². The Kier molecular flexibility index (Phi) is 6.27. The third kappa shape index (κ3) is 4.72. The van der Waals surface area contributed by atoms with Crippen LogP contribution in [-0.2, 0) is 6.42 Å². The first-order chi connectivity index (χ1) is 10.5. The van der Waals surface area contributed by atoms with E-state index in [1.54, 1.807) is 18.2 Å². The number of rotatable bonds is 6. The highest BCUT2D eigenvalue weighted by molar-refractivity contribution is 6.42. The van der Waals surface area contributed by atoms with E-state index in [2.05, 4.69) is 37.4 Å². The standard InChI is InChI=1S/C18H21Cl2NO/c1-12-5-3-4-6-14(12)9-13(2)21-11-18(22)15-7-8-16(19)17(20)10-15/h3-8,10,13,18,21-22H,9,11H2,1-2H3/t13?,18-/m0/s1. The molecule has 0 radical (unpaired) electrons. The average molecular weight is 338 g/mol. The Hall–Kier alpha value is -1.06. The monoisotopic (exact) mass is 337 g/mol. The molecule has 0 spiro atoms. The quantitative estimate of drug-likeness (QED) is 0.809. The van der Waals surface area contributed by atoms with Crippen LogP contribution in [0, 0.1) is 6.92 Å². The molecule has 0 heterocycles. The summed E-state index contributed by atoms with van der Waals surface area (Å²) in [7, 11) is 0. The van der Waals surface area contributed by atoms with Gasteiger partial charge in [0.15, 0.2) is 0 Å². The first kappa shape index (κ1) is 17.3. The third-order valence-electron chi connectivity index (χ3n) is 3.78. The fraction of sp³-hybridized carbons (Fsp3) is 0.333. The number of aliphatic hydroxyl groups is 1. The number of hydrogen-bond donors (Lipinski definition) is 2. The lowest BCUT2D eigenvalue weighted by atomic mass is 10.0. The fourth-order valence-electron chi connectivity index (χ4n) is 2.39. The molecule has 0 fully saturated rings. The Morgan fingerprint density at radius 2 is 1.82 bits per heavy atom. The zero-order valence-corrected chi connectivity index (χ0v) is 14.3. The van der Waals surface area contributed by atoms with Crippen LogP contribution in [0.5, 0.6) is 0 Å². The van der Waals surface area contributed by atoms with Crippen LogP contribution in [0.25, 0.3) is 0 Å².